The van der Waals surface area contributed by atoms with Crippen LogP contribution in [0.4, 0.5) is 0 Å². The molecular weight excluding hydrogens is 192 g/mol. The van der Waals surface area contributed by atoms with Gasteiger partial charge in [-0.3, -0.25) is 0 Å². The number of allylic oxidation sites excluding steroid dienone is 2. The van der Waals surface area contributed by atoms with E-state index in [0.29, 0.717) is 0 Å². The van der Waals surface area contributed by atoms with E-state index in [4.69, 9.17) is 0 Å². The summed E-state index contributed by atoms with van der Waals surface area (Å²) in [4.78, 5) is 0. The molecule has 0 nitrogen and oxygen atoms in total. The Morgan fingerprint density at radius 2 is 1.69 bits per heavy atom. The first-order valence-corrected chi connectivity index (χ1v) is 5.73. The first kappa shape index (κ1) is 10.9. The molecule has 0 spiro atoms. The third kappa shape index (κ3) is 1.88. The van der Waals surface area contributed by atoms with Crippen LogP contribution >= 0.6 is 0 Å². The van der Waals surface area contributed by atoms with Crippen molar-refractivity contribution in [1.82, 2.24) is 0 Å². The zero-order chi connectivity index (χ0) is 11.7. The van der Waals surface area contributed by atoms with E-state index in [1.807, 2.05) is 0 Å². The summed E-state index contributed by atoms with van der Waals surface area (Å²) in [6.45, 7) is 8.68. The smallest absolute Gasteiger partial charge is 0.0109 e. The minimum Gasteiger partial charge on any atom is -0.0729 e. The summed E-state index contributed by atoms with van der Waals surface area (Å²) in [5.74, 6) is 0. The Hall–Kier alpha value is -1.56. The van der Waals surface area contributed by atoms with E-state index >= 15 is 0 Å². The van der Waals surface area contributed by atoms with Gasteiger partial charge in [-0.25, -0.2) is 0 Å². The number of hydrogen-bond acceptors (Lipinski definition) is 0. The van der Waals surface area contributed by atoms with Gasteiger partial charge in [-0.05, 0) is 49.6 Å². The molecule has 82 valence electrons. The van der Waals surface area contributed by atoms with E-state index in [9.17, 15) is 0 Å². The summed E-state index contributed by atoms with van der Waals surface area (Å²) >= 11 is 0. The Labute approximate surface area is 97.6 Å². The van der Waals surface area contributed by atoms with E-state index in [0.717, 1.165) is 0 Å². The van der Waals surface area contributed by atoms with Crippen LogP contribution < -0.4 is 0 Å². The molecule has 0 aromatic heterocycles. The molecule has 16 heavy (non-hydrogen) atoms. The van der Waals surface area contributed by atoms with Gasteiger partial charge in [0.2, 0.25) is 0 Å². The van der Waals surface area contributed by atoms with Crippen molar-refractivity contribution in [2.24, 2.45) is 0 Å². The van der Waals surface area contributed by atoms with E-state index < -0.39 is 0 Å². The predicted molar refractivity (Wildman–Crippen MR) is 72.6 cm³/mol. The third-order valence-electron chi connectivity index (χ3n) is 3.19. The van der Waals surface area contributed by atoms with E-state index in [1.165, 1.54) is 33.0 Å². The van der Waals surface area contributed by atoms with Crippen LogP contribution in [0.5, 0.6) is 0 Å². The Morgan fingerprint density at radius 1 is 0.938 bits per heavy atom. The van der Waals surface area contributed by atoms with Crippen LogP contribution in [0, 0.1) is 6.92 Å². The summed E-state index contributed by atoms with van der Waals surface area (Å²) in [5.41, 5.74) is 5.44. The number of fused-ring (bicyclic) bond motifs is 1. The Balaban J connectivity index is 2.77. The molecular formula is C16H18. The lowest BCUT2D eigenvalue weighted by Crippen LogP contribution is -1.86. The van der Waals surface area contributed by atoms with Gasteiger partial charge < -0.3 is 0 Å². The summed E-state index contributed by atoms with van der Waals surface area (Å²) in [5, 5.41) is 2.69. The van der Waals surface area contributed by atoms with Gasteiger partial charge in [0.15, 0.2) is 0 Å². The molecule has 0 fully saturated rings. The van der Waals surface area contributed by atoms with Gasteiger partial charge in [-0.2, -0.15) is 0 Å². The van der Waals surface area contributed by atoms with E-state index in [-0.39, 0.29) is 0 Å². The highest BCUT2D eigenvalue weighted by Crippen LogP contribution is 2.27. The Kier molecular flexibility index (Phi) is 2.82. The molecule has 0 amide bonds. The van der Waals surface area contributed by atoms with Crippen molar-refractivity contribution in [3.63, 3.8) is 0 Å². The number of rotatable bonds is 1. The Bertz CT molecular complexity index is 555. The summed E-state index contributed by atoms with van der Waals surface area (Å²) < 4.78 is 0. The second-order valence-electron chi connectivity index (χ2n) is 4.66. The first-order valence-electron chi connectivity index (χ1n) is 5.73. The van der Waals surface area contributed by atoms with E-state index in [1.54, 1.807) is 0 Å². The molecule has 0 N–H and O–H groups in total. The van der Waals surface area contributed by atoms with Crippen molar-refractivity contribution < 1.29 is 0 Å². The van der Waals surface area contributed by atoms with Crippen molar-refractivity contribution in [1.29, 1.82) is 0 Å². The van der Waals surface area contributed by atoms with Crippen molar-refractivity contribution in [3.8, 4) is 0 Å². The fraction of sp³-hybridized carbons (Fsp3) is 0.250. The normalized spacial score (nSPS) is 10.5. The van der Waals surface area contributed by atoms with Crippen LogP contribution in [-0.2, 0) is 0 Å². The van der Waals surface area contributed by atoms with E-state index in [2.05, 4.69) is 64.1 Å². The molecule has 0 bridgehead atoms. The molecule has 0 radical (unpaired) electrons. The second-order valence-corrected chi connectivity index (χ2v) is 4.66. The van der Waals surface area contributed by atoms with Crippen molar-refractivity contribution in [3.05, 3.63) is 53.1 Å². The highest BCUT2D eigenvalue weighted by Gasteiger charge is 2.03. The predicted octanol–water partition coefficient (Wildman–Crippen LogP) is 4.96. The summed E-state index contributed by atoms with van der Waals surface area (Å²) in [6.07, 6.45) is 0. The molecule has 0 heterocycles. The van der Waals surface area contributed by atoms with Gasteiger partial charge in [-0.1, -0.05) is 47.5 Å². The van der Waals surface area contributed by atoms with Gasteiger partial charge >= 0.3 is 0 Å². The quantitative estimate of drug-likeness (QED) is 0.624. The molecule has 0 saturated carbocycles. The summed E-state index contributed by atoms with van der Waals surface area (Å²) in [6, 6.07) is 13.2. The lowest BCUT2D eigenvalue weighted by Gasteiger charge is -2.09. The van der Waals surface area contributed by atoms with Crippen molar-refractivity contribution in [2.45, 2.75) is 27.7 Å². The second kappa shape index (κ2) is 4.13. The molecule has 2 aromatic carbocycles. The molecule has 0 atom stereocenters. The molecule has 0 heteroatoms. The zero-order valence-corrected chi connectivity index (χ0v) is 10.5. The number of aryl methyl sites for hydroxylation is 1. The monoisotopic (exact) mass is 210 g/mol. The average molecular weight is 210 g/mol. The van der Waals surface area contributed by atoms with Crippen molar-refractivity contribution >= 4 is 16.3 Å². The maximum absolute atomic E-state index is 2.25. The number of hydrogen-bond donors (Lipinski definition) is 0. The van der Waals surface area contributed by atoms with Gasteiger partial charge in [0, 0.05) is 0 Å². The van der Waals surface area contributed by atoms with Gasteiger partial charge in [-0.15, -0.1) is 0 Å². The molecule has 2 rings (SSSR count). The van der Waals surface area contributed by atoms with Crippen LogP contribution in [0.2, 0.25) is 0 Å². The highest BCUT2D eigenvalue weighted by molar-refractivity contribution is 5.94. The molecule has 0 aliphatic carbocycles. The standard InChI is InChI=1S/C16H18/c1-11(2)13(4)15-7-5-6-14-10-12(3)8-9-16(14)15/h5-10H,1-4H3. The topological polar surface area (TPSA) is 0 Å². The number of benzene rings is 2. The zero-order valence-electron chi connectivity index (χ0n) is 10.5. The lowest BCUT2D eigenvalue weighted by molar-refractivity contribution is 1.37. The largest absolute Gasteiger partial charge is 0.0729 e. The van der Waals surface area contributed by atoms with Crippen LogP contribution in [0.1, 0.15) is 31.9 Å². The lowest BCUT2D eigenvalue weighted by atomic mass is 9.96. The minimum atomic E-state index is 1.32. The maximum Gasteiger partial charge on any atom is -0.0109 e. The molecule has 2 aromatic rings. The Morgan fingerprint density at radius 3 is 2.38 bits per heavy atom. The SMILES string of the molecule is CC(C)=C(C)c1cccc2cc(C)ccc12. The fourth-order valence-corrected chi connectivity index (χ4v) is 2.00. The molecule has 0 aliphatic rings. The minimum absolute atomic E-state index is 1.32. The summed E-state index contributed by atoms with van der Waals surface area (Å²) in [7, 11) is 0. The average Bonchev–Trinajstić information content (AvgIpc) is 2.26. The van der Waals surface area contributed by atoms with Crippen LogP contribution in [0.15, 0.2) is 42.0 Å². The van der Waals surface area contributed by atoms with Crippen molar-refractivity contribution in [2.75, 3.05) is 0 Å². The fourth-order valence-electron chi connectivity index (χ4n) is 2.00. The molecule has 0 saturated heterocycles. The van der Waals surface area contributed by atoms with Crippen LogP contribution in [0.3, 0.4) is 0 Å². The van der Waals surface area contributed by atoms with Gasteiger partial charge in [0.1, 0.15) is 0 Å². The molecule has 0 unspecified atom stereocenters. The highest BCUT2D eigenvalue weighted by atomic mass is 14.1. The van der Waals surface area contributed by atoms with Gasteiger partial charge in [0.05, 0.1) is 0 Å². The maximum atomic E-state index is 2.25. The first-order chi connectivity index (χ1) is 7.59. The molecule has 0 aliphatic heterocycles. The third-order valence-corrected chi connectivity index (χ3v) is 3.19. The van der Waals surface area contributed by atoms with Crippen LogP contribution in [-0.4, -0.2) is 0 Å². The van der Waals surface area contributed by atoms with Gasteiger partial charge in [0.25, 0.3) is 0 Å². The van der Waals surface area contributed by atoms with Crippen LogP contribution in [0.25, 0.3) is 16.3 Å².